The zero-order valence-electron chi connectivity index (χ0n) is 10.4. The molecular formula is C12H15ClN2O3S. The van der Waals surface area contributed by atoms with Crippen LogP contribution in [0.3, 0.4) is 0 Å². The van der Waals surface area contributed by atoms with E-state index in [4.69, 9.17) is 17.3 Å². The number of rotatable bonds is 2. The first kappa shape index (κ1) is 14.1. The molecule has 0 aliphatic carbocycles. The zero-order chi connectivity index (χ0) is 14.3. The van der Waals surface area contributed by atoms with E-state index in [-0.39, 0.29) is 17.1 Å². The van der Waals surface area contributed by atoms with Gasteiger partial charge in [0.05, 0.1) is 22.6 Å². The predicted octanol–water partition coefficient (Wildman–Crippen LogP) is 1.23. The van der Waals surface area contributed by atoms with Crippen molar-refractivity contribution in [3.05, 3.63) is 28.8 Å². The predicted molar refractivity (Wildman–Crippen MR) is 75.0 cm³/mol. The van der Waals surface area contributed by atoms with Crippen LogP contribution in [-0.4, -0.2) is 31.4 Å². The number of hydrogen-bond acceptors (Lipinski definition) is 4. The smallest absolute Gasteiger partial charge is 0.253 e. The largest absolute Gasteiger partial charge is 0.398 e. The molecule has 1 heterocycles. The van der Waals surface area contributed by atoms with Gasteiger partial charge in [0, 0.05) is 10.7 Å². The summed E-state index contributed by atoms with van der Waals surface area (Å²) < 4.78 is 23.0. The van der Waals surface area contributed by atoms with Crippen molar-refractivity contribution >= 4 is 33.0 Å². The Kier molecular flexibility index (Phi) is 3.49. The molecule has 0 spiro atoms. The first-order chi connectivity index (χ1) is 8.71. The maximum Gasteiger partial charge on any atom is 0.253 e. The minimum absolute atomic E-state index is 0.0494. The van der Waals surface area contributed by atoms with Crippen LogP contribution in [-0.2, 0) is 9.84 Å². The fourth-order valence-corrected chi connectivity index (χ4v) is 4.44. The SMILES string of the molecule is CC1(NC(=O)c2cc(Cl)ccc2N)CCS(=O)(=O)C1. The third kappa shape index (κ3) is 3.19. The summed E-state index contributed by atoms with van der Waals surface area (Å²) in [5.41, 5.74) is 5.55. The van der Waals surface area contributed by atoms with Crippen molar-refractivity contribution in [3.8, 4) is 0 Å². The van der Waals surface area contributed by atoms with Crippen molar-refractivity contribution in [3.63, 3.8) is 0 Å². The van der Waals surface area contributed by atoms with Crippen LogP contribution in [0.5, 0.6) is 0 Å². The molecule has 5 nitrogen and oxygen atoms in total. The van der Waals surface area contributed by atoms with Crippen molar-refractivity contribution in [2.24, 2.45) is 0 Å². The molecule has 0 radical (unpaired) electrons. The van der Waals surface area contributed by atoms with E-state index in [1.807, 2.05) is 0 Å². The van der Waals surface area contributed by atoms with E-state index < -0.39 is 21.3 Å². The lowest BCUT2D eigenvalue weighted by Gasteiger charge is -2.24. The maximum atomic E-state index is 12.1. The lowest BCUT2D eigenvalue weighted by atomic mass is 10.0. The van der Waals surface area contributed by atoms with E-state index in [9.17, 15) is 13.2 Å². The molecule has 3 N–H and O–H groups in total. The van der Waals surface area contributed by atoms with Gasteiger partial charge in [0.1, 0.15) is 0 Å². The van der Waals surface area contributed by atoms with Gasteiger partial charge in [0.25, 0.3) is 5.91 Å². The lowest BCUT2D eigenvalue weighted by Crippen LogP contribution is -2.47. The lowest BCUT2D eigenvalue weighted by molar-refractivity contribution is 0.0916. The Morgan fingerprint density at radius 2 is 2.16 bits per heavy atom. The van der Waals surface area contributed by atoms with Crippen molar-refractivity contribution in [1.29, 1.82) is 0 Å². The number of nitrogens with one attached hydrogen (secondary N) is 1. The van der Waals surface area contributed by atoms with Gasteiger partial charge in [-0.2, -0.15) is 0 Å². The van der Waals surface area contributed by atoms with E-state index in [2.05, 4.69) is 5.32 Å². The zero-order valence-corrected chi connectivity index (χ0v) is 12.0. The molecule has 1 amide bonds. The number of halogens is 1. The molecule has 104 valence electrons. The van der Waals surface area contributed by atoms with E-state index in [0.717, 1.165) is 0 Å². The van der Waals surface area contributed by atoms with Gasteiger partial charge in [-0.15, -0.1) is 0 Å². The van der Waals surface area contributed by atoms with Gasteiger partial charge in [0.15, 0.2) is 9.84 Å². The van der Waals surface area contributed by atoms with E-state index in [0.29, 0.717) is 17.1 Å². The van der Waals surface area contributed by atoms with Crippen LogP contribution in [0.1, 0.15) is 23.7 Å². The Morgan fingerprint density at radius 3 is 2.74 bits per heavy atom. The number of nitrogens with two attached hydrogens (primary N) is 1. The summed E-state index contributed by atoms with van der Waals surface area (Å²) in [5, 5.41) is 3.14. The van der Waals surface area contributed by atoms with Crippen LogP contribution < -0.4 is 11.1 Å². The van der Waals surface area contributed by atoms with Gasteiger partial charge < -0.3 is 11.1 Å². The van der Waals surface area contributed by atoms with Crippen LogP contribution >= 0.6 is 11.6 Å². The number of sulfone groups is 1. The normalized spacial score (nSPS) is 25.2. The first-order valence-corrected chi connectivity index (χ1v) is 7.99. The third-order valence-electron chi connectivity index (χ3n) is 3.18. The number of hydrogen-bond donors (Lipinski definition) is 2. The van der Waals surface area contributed by atoms with Crippen molar-refractivity contribution in [2.75, 3.05) is 17.2 Å². The van der Waals surface area contributed by atoms with Gasteiger partial charge in [-0.05, 0) is 31.5 Å². The molecule has 1 fully saturated rings. The molecular weight excluding hydrogens is 288 g/mol. The number of nitrogen functional groups attached to an aromatic ring is 1. The Hall–Kier alpha value is -1.27. The van der Waals surface area contributed by atoms with Crippen molar-refractivity contribution in [2.45, 2.75) is 18.9 Å². The topological polar surface area (TPSA) is 89.3 Å². The molecule has 0 saturated carbocycles. The highest BCUT2D eigenvalue weighted by Gasteiger charge is 2.39. The Bertz CT molecular complexity index is 630. The first-order valence-electron chi connectivity index (χ1n) is 5.79. The molecule has 0 bridgehead atoms. The second kappa shape index (κ2) is 4.68. The molecule has 7 heteroatoms. The van der Waals surface area contributed by atoms with E-state index in [1.54, 1.807) is 19.1 Å². The highest BCUT2D eigenvalue weighted by Crippen LogP contribution is 2.24. The summed E-state index contributed by atoms with van der Waals surface area (Å²) in [4.78, 5) is 12.1. The Labute approximate surface area is 117 Å². The van der Waals surface area contributed by atoms with Gasteiger partial charge in [-0.25, -0.2) is 8.42 Å². The second-order valence-electron chi connectivity index (χ2n) is 5.09. The van der Waals surface area contributed by atoms with E-state index in [1.165, 1.54) is 6.07 Å². The Morgan fingerprint density at radius 1 is 1.47 bits per heavy atom. The maximum absolute atomic E-state index is 12.1. The Balaban J connectivity index is 2.20. The highest BCUT2D eigenvalue weighted by molar-refractivity contribution is 7.91. The molecule has 1 aromatic carbocycles. The molecule has 1 atom stereocenters. The highest BCUT2D eigenvalue weighted by atomic mass is 35.5. The summed E-state index contributed by atoms with van der Waals surface area (Å²) in [7, 11) is -3.07. The quantitative estimate of drug-likeness (QED) is 0.804. The van der Waals surface area contributed by atoms with Crippen LogP contribution in [0.25, 0.3) is 0 Å². The fraction of sp³-hybridized carbons (Fsp3) is 0.417. The van der Waals surface area contributed by atoms with Gasteiger partial charge in [-0.3, -0.25) is 4.79 Å². The number of anilines is 1. The molecule has 0 aromatic heterocycles. The third-order valence-corrected chi connectivity index (χ3v) is 5.32. The molecule has 19 heavy (non-hydrogen) atoms. The molecule has 2 rings (SSSR count). The average Bonchev–Trinajstić information content (AvgIpc) is 2.56. The van der Waals surface area contributed by atoms with Gasteiger partial charge >= 0.3 is 0 Å². The number of amides is 1. The molecule has 1 aromatic rings. The van der Waals surface area contributed by atoms with Crippen molar-refractivity contribution in [1.82, 2.24) is 5.32 Å². The van der Waals surface area contributed by atoms with Crippen LogP contribution in [0, 0.1) is 0 Å². The summed E-state index contributed by atoms with van der Waals surface area (Å²) in [6.07, 6.45) is 0.404. The summed E-state index contributed by atoms with van der Waals surface area (Å²) in [6, 6.07) is 4.61. The van der Waals surface area contributed by atoms with Crippen LogP contribution in [0.2, 0.25) is 5.02 Å². The van der Waals surface area contributed by atoms with Gasteiger partial charge in [-0.1, -0.05) is 11.6 Å². The minimum Gasteiger partial charge on any atom is -0.398 e. The fourth-order valence-electron chi connectivity index (χ4n) is 2.18. The minimum atomic E-state index is -3.07. The average molecular weight is 303 g/mol. The molecule has 1 aliphatic rings. The standard InChI is InChI=1S/C12H15ClN2O3S/c1-12(4-5-19(17,18)7-12)15-11(16)9-6-8(13)2-3-10(9)14/h2-3,6H,4-5,7,14H2,1H3,(H,15,16). The molecule has 1 unspecified atom stereocenters. The van der Waals surface area contributed by atoms with Crippen molar-refractivity contribution < 1.29 is 13.2 Å². The van der Waals surface area contributed by atoms with Crippen LogP contribution in [0.15, 0.2) is 18.2 Å². The van der Waals surface area contributed by atoms with Gasteiger partial charge in [0.2, 0.25) is 0 Å². The number of carbonyl (C=O) groups excluding carboxylic acids is 1. The molecule has 1 aliphatic heterocycles. The van der Waals surface area contributed by atoms with E-state index >= 15 is 0 Å². The molecule has 1 saturated heterocycles. The number of carbonyl (C=O) groups is 1. The summed E-state index contributed by atoms with van der Waals surface area (Å²) in [6.45, 7) is 1.72. The summed E-state index contributed by atoms with van der Waals surface area (Å²) >= 11 is 5.83. The number of benzene rings is 1. The monoisotopic (exact) mass is 302 g/mol. The van der Waals surface area contributed by atoms with Crippen LogP contribution in [0.4, 0.5) is 5.69 Å². The summed E-state index contributed by atoms with van der Waals surface area (Å²) in [5.74, 6) is -0.360. The second-order valence-corrected chi connectivity index (χ2v) is 7.71.